The molecule has 0 aromatic rings. The van der Waals surface area contributed by atoms with Crippen molar-refractivity contribution >= 4 is 12.2 Å². The number of hydrogen-bond acceptors (Lipinski definition) is 3. The summed E-state index contributed by atoms with van der Waals surface area (Å²) >= 11 is 0. The predicted octanol–water partition coefficient (Wildman–Crippen LogP) is 0.568. The van der Waals surface area contributed by atoms with Gasteiger partial charge in [-0.25, -0.2) is 0 Å². The summed E-state index contributed by atoms with van der Waals surface area (Å²) in [5, 5.41) is 8.28. The van der Waals surface area contributed by atoms with Gasteiger partial charge in [0.15, 0.2) is 0 Å². The molecule has 12 heavy (non-hydrogen) atoms. The second kappa shape index (κ2) is 3.67. The molecule has 4 heteroatoms. The van der Waals surface area contributed by atoms with E-state index in [1.54, 1.807) is 6.21 Å². The smallest absolute Gasteiger partial charge is 0.325 e. The molecule has 1 aliphatic heterocycles. The summed E-state index contributed by atoms with van der Waals surface area (Å²) in [6, 6.07) is 0. The summed E-state index contributed by atoms with van der Waals surface area (Å²) in [4.78, 5) is 13.8. The number of aliphatic carboxylic acids is 1. The molecule has 1 aliphatic rings. The lowest BCUT2D eigenvalue weighted by atomic mass is 9.86. The summed E-state index contributed by atoms with van der Waals surface area (Å²) in [5.41, 5.74) is 0.196. The number of carboxylic acid groups (broad SMARTS) is 1. The zero-order valence-electron chi connectivity index (χ0n) is 7.12. The first kappa shape index (κ1) is 9.19. The van der Waals surface area contributed by atoms with Gasteiger partial charge >= 0.3 is 5.97 Å². The molecule has 0 aromatic carbocycles. The lowest BCUT2D eigenvalue weighted by molar-refractivity contribution is -0.135. The third-order valence-electron chi connectivity index (χ3n) is 1.84. The Labute approximate surface area is 71.3 Å². The number of hydrogen-bond donors (Lipinski definition) is 1. The van der Waals surface area contributed by atoms with E-state index in [9.17, 15) is 4.79 Å². The third kappa shape index (κ3) is 2.62. The maximum Gasteiger partial charge on any atom is 0.325 e. The van der Waals surface area contributed by atoms with E-state index in [1.165, 1.54) is 0 Å². The van der Waals surface area contributed by atoms with Gasteiger partial charge in [-0.3, -0.25) is 9.79 Å². The Morgan fingerprint density at radius 1 is 1.75 bits per heavy atom. The van der Waals surface area contributed by atoms with Gasteiger partial charge in [-0.15, -0.1) is 0 Å². The second-order valence-electron chi connectivity index (χ2n) is 3.42. The van der Waals surface area contributed by atoms with Crippen LogP contribution in [0.4, 0.5) is 0 Å². The monoisotopic (exact) mass is 171 g/mol. The molecule has 0 bridgehead atoms. The summed E-state index contributed by atoms with van der Waals surface area (Å²) in [6.45, 7) is 3.48. The molecule has 0 radical (unpaired) electrons. The van der Waals surface area contributed by atoms with Crippen molar-refractivity contribution in [1.29, 1.82) is 0 Å². The molecule has 0 atom stereocenters. The van der Waals surface area contributed by atoms with Crippen LogP contribution in [0, 0.1) is 5.41 Å². The van der Waals surface area contributed by atoms with Crippen molar-refractivity contribution in [3.8, 4) is 0 Å². The summed E-state index contributed by atoms with van der Waals surface area (Å²) in [6.07, 6.45) is 2.48. The Morgan fingerprint density at radius 3 is 2.83 bits per heavy atom. The van der Waals surface area contributed by atoms with E-state index in [0.717, 1.165) is 19.6 Å². The van der Waals surface area contributed by atoms with Crippen LogP contribution in [0.2, 0.25) is 0 Å². The summed E-state index contributed by atoms with van der Waals surface area (Å²) in [7, 11) is 0. The van der Waals surface area contributed by atoms with E-state index in [1.807, 2.05) is 0 Å². The van der Waals surface area contributed by atoms with Crippen LogP contribution in [0.15, 0.2) is 4.99 Å². The first-order valence-corrected chi connectivity index (χ1v) is 3.90. The maximum atomic E-state index is 10.1. The Hall–Kier alpha value is -0.900. The van der Waals surface area contributed by atoms with Gasteiger partial charge < -0.3 is 9.84 Å². The number of rotatable bonds is 4. The normalized spacial score (nSPS) is 20.8. The van der Waals surface area contributed by atoms with Gasteiger partial charge in [-0.1, -0.05) is 6.92 Å². The highest BCUT2D eigenvalue weighted by Crippen LogP contribution is 2.29. The van der Waals surface area contributed by atoms with Gasteiger partial charge in [0, 0.05) is 11.6 Å². The molecule has 0 saturated carbocycles. The van der Waals surface area contributed by atoms with Crippen LogP contribution < -0.4 is 0 Å². The molecule has 1 heterocycles. The first-order chi connectivity index (χ1) is 5.62. The fourth-order valence-electron chi connectivity index (χ4n) is 0.996. The molecule has 1 saturated heterocycles. The zero-order valence-corrected chi connectivity index (χ0v) is 7.12. The quantitative estimate of drug-likeness (QED) is 0.629. The number of carbonyl (C=O) groups is 1. The van der Waals surface area contributed by atoms with Crippen molar-refractivity contribution in [2.45, 2.75) is 13.3 Å². The predicted molar refractivity (Wildman–Crippen MR) is 44.5 cm³/mol. The minimum atomic E-state index is -0.888. The highest BCUT2D eigenvalue weighted by molar-refractivity contribution is 5.72. The Morgan fingerprint density at radius 2 is 2.42 bits per heavy atom. The topological polar surface area (TPSA) is 58.9 Å². The van der Waals surface area contributed by atoms with Crippen LogP contribution in [0.5, 0.6) is 0 Å². The maximum absolute atomic E-state index is 10.1. The fraction of sp³-hybridized carbons (Fsp3) is 0.750. The molecule has 68 valence electrons. The van der Waals surface area contributed by atoms with Crippen LogP contribution in [0.25, 0.3) is 0 Å². The molecule has 0 amide bonds. The van der Waals surface area contributed by atoms with Crippen LogP contribution in [-0.2, 0) is 9.53 Å². The van der Waals surface area contributed by atoms with E-state index in [2.05, 4.69) is 11.9 Å². The van der Waals surface area contributed by atoms with E-state index >= 15 is 0 Å². The Kier molecular flexibility index (Phi) is 2.81. The third-order valence-corrected chi connectivity index (χ3v) is 1.84. The average Bonchev–Trinajstić information content (AvgIpc) is 1.94. The van der Waals surface area contributed by atoms with Crippen LogP contribution in [0.1, 0.15) is 13.3 Å². The fourth-order valence-corrected chi connectivity index (χ4v) is 0.996. The molecular formula is C8H13NO3. The second-order valence-corrected chi connectivity index (χ2v) is 3.42. The summed E-state index contributed by atoms with van der Waals surface area (Å²) < 4.78 is 5.04. The van der Waals surface area contributed by atoms with Crippen molar-refractivity contribution in [2.75, 3.05) is 19.8 Å². The van der Waals surface area contributed by atoms with Crippen molar-refractivity contribution in [3.63, 3.8) is 0 Å². The number of ether oxygens (including phenoxy) is 1. The first-order valence-electron chi connectivity index (χ1n) is 3.90. The lowest BCUT2D eigenvalue weighted by Gasteiger charge is -2.36. The molecule has 4 nitrogen and oxygen atoms in total. The minimum Gasteiger partial charge on any atom is -0.480 e. The molecule has 1 rings (SSSR count). The van der Waals surface area contributed by atoms with Gasteiger partial charge in [0.1, 0.15) is 6.54 Å². The SMILES string of the molecule is CC1(CC=NCC(=O)O)COC1. The number of aliphatic imine (C=N–C) groups is 1. The van der Waals surface area contributed by atoms with E-state index in [0.29, 0.717) is 0 Å². The highest BCUT2D eigenvalue weighted by atomic mass is 16.5. The largest absolute Gasteiger partial charge is 0.480 e. The molecule has 1 fully saturated rings. The van der Waals surface area contributed by atoms with Crippen molar-refractivity contribution < 1.29 is 14.6 Å². The van der Waals surface area contributed by atoms with Crippen molar-refractivity contribution in [1.82, 2.24) is 0 Å². The molecule has 1 N–H and O–H groups in total. The number of nitrogens with zero attached hydrogens (tertiary/aromatic N) is 1. The van der Waals surface area contributed by atoms with Crippen molar-refractivity contribution in [2.24, 2.45) is 10.4 Å². The molecule has 0 unspecified atom stereocenters. The molecule has 0 spiro atoms. The Balaban J connectivity index is 2.16. The highest BCUT2D eigenvalue weighted by Gasteiger charge is 2.31. The zero-order chi connectivity index (χ0) is 9.03. The Bertz CT molecular complexity index is 196. The van der Waals surface area contributed by atoms with Crippen molar-refractivity contribution in [3.05, 3.63) is 0 Å². The van der Waals surface area contributed by atoms with Gasteiger partial charge in [0.25, 0.3) is 0 Å². The lowest BCUT2D eigenvalue weighted by Crippen LogP contribution is -2.39. The minimum absolute atomic E-state index is 0.128. The standard InChI is InChI=1S/C8H13NO3/c1-8(5-12-6-8)2-3-9-4-7(10)11/h3H,2,4-6H2,1H3,(H,10,11). The van der Waals surface area contributed by atoms with Gasteiger partial charge in [-0.05, 0) is 6.42 Å². The van der Waals surface area contributed by atoms with Crippen LogP contribution >= 0.6 is 0 Å². The summed E-state index contributed by atoms with van der Waals surface area (Å²) in [5.74, 6) is -0.888. The van der Waals surface area contributed by atoms with E-state index in [4.69, 9.17) is 9.84 Å². The average molecular weight is 171 g/mol. The molecule has 0 aliphatic carbocycles. The van der Waals surface area contributed by atoms with E-state index in [-0.39, 0.29) is 12.0 Å². The van der Waals surface area contributed by atoms with Crippen LogP contribution in [-0.4, -0.2) is 37.0 Å². The van der Waals surface area contributed by atoms with Gasteiger partial charge in [0.05, 0.1) is 13.2 Å². The van der Waals surface area contributed by atoms with Gasteiger partial charge in [0.2, 0.25) is 0 Å². The molecular weight excluding hydrogens is 158 g/mol. The van der Waals surface area contributed by atoms with Gasteiger partial charge in [-0.2, -0.15) is 0 Å². The van der Waals surface area contributed by atoms with E-state index < -0.39 is 5.97 Å². The van der Waals surface area contributed by atoms with Crippen LogP contribution in [0.3, 0.4) is 0 Å². The molecule has 0 aromatic heterocycles. The number of carboxylic acids is 1.